The lowest BCUT2D eigenvalue weighted by atomic mass is 10.2. The third kappa shape index (κ3) is 1.61. The molecule has 0 aliphatic carbocycles. The zero-order valence-corrected chi connectivity index (χ0v) is 7.43. The van der Waals surface area contributed by atoms with Crippen LogP contribution in [0.15, 0.2) is 22.3 Å². The van der Waals surface area contributed by atoms with Gasteiger partial charge in [-0.3, -0.25) is 0 Å². The molecule has 10 heavy (non-hydrogen) atoms. The highest BCUT2D eigenvalue weighted by molar-refractivity contribution is 9.11. The van der Waals surface area contributed by atoms with E-state index in [4.69, 9.17) is 7.15 Å². The Morgan fingerprint density at radius 1 is 2.00 bits per heavy atom. The normalized spacial score (nSPS) is 27.3. The molecule has 1 aliphatic heterocycles. The van der Waals surface area contributed by atoms with Crippen LogP contribution in [-0.4, -0.2) is 6.17 Å². The van der Waals surface area contributed by atoms with Gasteiger partial charge in [0, 0.05) is 10.2 Å². The molecule has 1 unspecified atom stereocenters. The Balaban J connectivity index is 2.89. The van der Waals surface area contributed by atoms with Crippen LogP contribution >= 0.6 is 15.9 Å². The molecule has 0 aromatic carbocycles. The molecule has 0 aromatic rings. The first-order valence-electron chi connectivity index (χ1n) is 3.72. The van der Waals surface area contributed by atoms with Crippen molar-refractivity contribution in [3.63, 3.8) is 0 Å². The maximum atomic E-state index is 7.53. The van der Waals surface area contributed by atoms with Crippen LogP contribution in [-0.2, 0) is 0 Å². The second-order valence-corrected chi connectivity index (χ2v) is 2.98. The quantitative estimate of drug-likeness (QED) is 0.678. The van der Waals surface area contributed by atoms with E-state index in [-0.39, 0.29) is 6.17 Å². The van der Waals surface area contributed by atoms with Gasteiger partial charge in [0.25, 0.3) is 0 Å². The molecule has 0 amide bonds. The second kappa shape index (κ2) is 3.21. The number of hydrogen-bond donors (Lipinski definition) is 2. The van der Waals surface area contributed by atoms with Gasteiger partial charge in [-0.1, -0.05) is 6.92 Å². The first-order chi connectivity index (χ1) is 5.16. The molecule has 3 heteroatoms. The summed E-state index contributed by atoms with van der Waals surface area (Å²) >= 11 is 3.36. The fourth-order valence-electron chi connectivity index (χ4n) is 0.824. The maximum Gasteiger partial charge on any atom is 0.162 e. The van der Waals surface area contributed by atoms with Crippen molar-refractivity contribution in [3.05, 3.63) is 22.3 Å². The Labute approximate surface area is 70.8 Å². The minimum Gasteiger partial charge on any atom is -0.369 e. The van der Waals surface area contributed by atoms with Gasteiger partial charge in [0.15, 0.2) is 1.41 Å². The topological polar surface area (TPSA) is 38.0 Å². The molecule has 1 atom stereocenters. The van der Waals surface area contributed by atoms with Crippen molar-refractivity contribution in [2.45, 2.75) is 19.5 Å². The molecule has 0 radical (unpaired) electrons. The molecule has 0 spiro atoms. The molecule has 56 valence electrons. The number of halogens is 1. The van der Waals surface area contributed by atoms with E-state index in [9.17, 15) is 0 Å². The minimum absolute atomic E-state index is 0.300. The van der Waals surface area contributed by atoms with Gasteiger partial charge in [-0.25, -0.2) is 0 Å². The van der Waals surface area contributed by atoms with E-state index in [0.717, 1.165) is 16.6 Å². The van der Waals surface area contributed by atoms with E-state index >= 15 is 0 Å². The molecule has 0 saturated heterocycles. The van der Waals surface area contributed by atoms with E-state index in [2.05, 4.69) is 15.9 Å². The zero-order chi connectivity index (χ0) is 8.43. The van der Waals surface area contributed by atoms with Crippen molar-refractivity contribution in [2.75, 3.05) is 0 Å². The third-order valence-corrected chi connectivity index (χ3v) is 2.08. The third-order valence-electron chi connectivity index (χ3n) is 1.36. The Bertz CT molecular complexity index is 212. The van der Waals surface area contributed by atoms with Gasteiger partial charge in [-0.05, 0) is 34.5 Å². The van der Waals surface area contributed by atoms with Crippen molar-refractivity contribution in [1.29, 1.82) is 0 Å². The maximum absolute atomic E-state index is 7.53. The Hall–Kier alpha value is -0.280. The van der Waals surface area contributed by atoms with Crippen LogP contribution in [0.3, 0.4) is 0 Å². The Kier molecular flexibility index (Phi) is 2.07. The lowest BCUT2D eigenvalue weighted by molar-refractivity contribution is 0.666. The highest BCUT2D eigenvalue weighted by Crippen LogP contribution is 2.17. The monoisotopic (exact) mass is 203 g/mol. The summed E-state index contributed by atoms with van der Waals surface area (Å²) in [6.07, 6.45) is 4.21. The second-order valence-electron chi connectivity index (χ2n) is 2.13. The summed E-state index contributed by atoms with van der Waals surface area (Å²) in [6.45, 7) is 2.00. The number of dihydropyridines is 1. The van der Waals surface area contributed by atoms with Crippen molar-refractivity contribution in [2.24, 2.45) is 5.73 Å². The minimum atomic E-state index is -0.300. The van der Waals surface area contributed by atoms with Crippen molar-refractivity contribution >= 4 is 15.9 Å². The van der Waals surface area contributed by atoms with Crippen LogP contribution in [0.2, 0.25) is 1.41 Å². The van der Waals surface area contributed by atoms with E-state index in [1.165, 1.54) is 5.31 Å². The van der Waals surface area contributed by atoms with Gasteiger partial charge in [0.05, 0.1) is 6.17 Å². The van der Waals surface area contributed by atoms with Crippen LogP contribution in [0.4, 0.5) is 0 Å². The number of allylic oxidation sites excluding steroid dienone is 3. The van der Waals surface area contributed by atoms with Gasteiger partial charge in [-0.2, -0.15) is 0 Å². The number of rotatable bonds is 1. The summed E-state index contributed by atoms with van der Waals surface area (Å²) in [6, 6.07) is 0. The molecule has 0 bridgehead atoms. The van der Waals surface area contributed by atoms with Gasteiger partial charge in [-0.15, -0.1) is 0 Å². The number of nitrogens with two attached hydrogens (primary N) is 1. The molecular weight excluding hydrogens is 192 g/mol. The fraction of sp³-hybridized carbons (Fsp3) is 0.429. The standard InChI is InChI=1S/C7H11BrN2/c1-2-6-5(8)3-4-7(9)10-6/h3-4,7,10H,2,9H2,1H3/i/hD. The van der Waals surface area contributed by atoms with Gasteiger partial charge in [0.2, 0.25) is 0 Å². The summed E-state index contributed by atoms with van der Waals surface area (Å²) in [5.74, 6) is 0. The van der Waals surface area contributed by atoms with Crippen LogP contribution in [0.1, 0.15) is 13.3 Å². The molecule has 1 rings (SSSR count). The van der Waals surface area contributed by atoms with Crippen molar-refractivity contribution < 1.29 is 1.41 Å². The fourth-order valence-corrected chi connectivity index (χ4v) is 1.36. The van der Waals surface area contributed by atoms with Gasteiger partial charge < -0.3 is 11.0 Å². The predicted octanol–water partition coefficient (Wildman–Crippen LogP) is 1.45. The lowest BCUT2D eigenvalue weighted by Gasteiger charge is -2.18. The highest BCUT2D eigenvalue weighted by Gasteiger charge is 2.07. The zero-order valence-electron chi connectivity index (χ0n) is 6.84. The van der Waals surface area contributed by atoms with Crippen LogP contribution < -0.4 is 11.0 Å². The van der Waals surface area contributed by atoms with Crippen LogP contribution in [0.25, 0.3) is 0 Å². The number of hydrogen-bond acceptors (Lipinski definition) is 2. The lowest BCUT2D eigenvalue weighted by Crippen LogP contribution is -2.36. The largest absolute Gasteiger partial charge is 0.369 e. The van der Waals surface area contributed by atoms with Crippen LogP contribution in [0.5, 0.6) is 0 Å². The van der Waals surface area contributed by atoms with E-state index in [0.29, 0.717) is 0 Å². The first-order valence-corrected chi connectivity index (χ1v) is 4.06. The number of nitrogens with one attached hydrogen (secondary N) is 1. The summed E-state index contributed by atoms with van der Waals surface area (Å²) in [5, 5.41) is 1.32. The molecule has 3 N–H and O–H groups in total. The SMILES string of the molecule is [2H]N1C(CC)=C(Br)C=CC1N. The Morgan fingerprint density at radius 3 is 3.20 bits per heavy atom. The summed E-state index contributed by atoms with van der Waals surface area (Å²) in [4.78, 5) is 0. The molecule has 2 nitrogen and oxygen atoms in total. The van der Waals surface area contributed by atoms with Crippen molar-refractivity contribution in [3.8, 4) is 0 Å². The molecule has 0 fully saturated rings. The Morgan fingerprint density at radius 2 is 2.70 bits per heavy atom. The average molecular weight is 204 g/mol. The van der Waals surface area contributed by atoms with E-state index < -0.39 is 0 Å². The first kappa shape index (κ1) is 6.43. The summed E-state index contributed by atoms with van der Waals surface area (Å²) in [5.41, 5.74) is 6.53. The summed E-state index contributed by atoms with van der Waals surface area (Å²) < 4.78 is 8.49. The summed E-state index contributed by atoms with van der Waals surface area (Å²) in [7, 11) is 0. The molecule has 1 aliphatic rings. The van der Waals surface area contributed by atoms with Gasteiger partial charge >= 0.3 is 0 Å². The van der Waals surface area contributed by atoms with Crippen molar-refractivity contribution in [1.82, 2.24) is 5.31 Å². The average Bonchev–Trinajstić information content (AvgIpc) is 1.99. The van der Waals surface area contributed by atoms with Gasteiger partial charge in [0.1, 0.15) is 0 Å². The smallest absolute Gasteiger partial charge is 0.162 e. The molecule has 0 saturated carbocycles. The van der Waals surface area contributed by atoms with E-state index in [1.54, 1.807) is 6.08 Å². The van der Waals surface area contributed by atoms with E-state index in [1.807, 2.05) is 13.0 Å². The molecule has 0 aromatic heterocycles. The predicted molar refractivity (Wildman–Crippen MR) is 46.5 cm³/mol. The highest BCUT2D eigenvalue weighted by atomic mass is 79.9. The molecular formula is C7H11BrN2. The molecule has 1 heterocycles. The van der Waals surface area contributed by atoms with Crippen LogP contribution in [0, 0.1) is 0 Å².